The zero-order valence-corrected chi connectivity index (χ0v) is 20.0. The fraction of sp³-hybridized carbons (Fsp3) is 0.240. The van der Waals surface area contributed by atoms with Gasteiger partial charge in [-0.05, 0) is 60.9 Å². The van der Waals surface area contributed by atoms with E-state index in [1.165, 1.54) is 19.2 Å². The summed E-state index contributed by atoms with van der Waals surface area (Å²) in [5.41, 5.74) is 0.175. The molecule has 0 bridgehead atoms. The molecular weight excluding hydrogens is 497 g/mol. The summed E-state index contributed by atoms with van der Waals surface area (Å²) >= 11 is 0. The largest absolute Gasteiger partial charge is 0.495 e. The highest BCUT2D eigenvalue weighted by atomic mass is 32.2. The zero-order chi connectivity index (χ0) is 25.9. The summed E-state index contributed by atoms with van der Waals surface area (Å²) in [6.45, 7) is 0.270. The average Bonchev–Trinajstić information content (AvgIpc) is 3.68. The van der Waals surface area contributed by atoms with Crippen molar-refractivity contribution in [2.45, 2.75) is 36.5 Å². The molecular formula is C25H23F3N2O5S. The van der Waals surface area contributed by atoms with E-state index in [9.17, 15) is 26.4 Å². The molecule has 0 spiro atoms. The first-order valence-electron chi connectivity index (χ1n) is 11.0. The summed E-state index contributed by atoms with van der Waals surface area (Å²) in [5.74, 6) is 0.470. The van der Waals surface area contributed by atoms with Gasteiger partial charge in [0.25, 0.3) is 0 Å². The standard InChI is InChI=1S/C25H23F3N2O5S/c1-34-23-8-3-2-7-22(23)29-24(31)30(19-11-12-19)16-17-9-13-20(14-10-17)35-36(32,33)21-6-4-5-18(15-21)25(26,27)28/h2-10,13-15,19H,11-12,16H2,1H3,(H,29,31). The number of rotatable bonds is 8. The van der Waals surface area contributed by atoms with Crippen LogP contribution in [0.2, 0.25) is 0 Å². The molecule has 36 heavy (non-hydrogen) atoms. The van der Waals surface area contributed by atoms with Crippen LogP contribution in [-0.4, -0.2) is 32.5 Å². The highest BCUT2D eigenvalue weighted by Crippen LogP contribution is 2.32. The Morgan fingerprint density at radius 3 is 2.36 bits per heavy atom. The second-order valence-corrected chi connectivity index (χ2v) is 9.74. The van der Waals surface area contributed by atoms with E-state index in [2.05, 4.69) is 5.32 Å². The molecule has 7 nitrogen and oxygen atoms in total. The second-order valence-electron chi connectivity index (χ2n) is 8.20. The molecule has 2 amide bonds. The van der Waals surface area contributed by atoms with Crippen molar-refractivity contribution in [3.05, 3.63) is 83.9 Å². The van der Waals surface area contributed by atoms with E-state index in [0.29, 0.717) is 17.5 Å². The molecule has 1 aliphatic rings. The predicted molar refractivity (Wildman–Crippen MR) is 126 cm³/mol. The van der Waals surface area contributed by atoms with Gasteiger partial charge in [0.1, 0.15) is 16.4 Å². The molecule has 0 saturated heterocycles. The van der Waals surface area contributed by atoms with Gasteiger partial charge in [-0.1, -0.05) is 30.3 Å². The normalized spacial score (nSPS) is 13.7. The maximum Gasteiger partial charge on any atom is 0.416 e. The number of amides is 2. The van der Waals surface area contributed by atoms with Gasteiger partial charge in [-0.2, -0.15) is 21.6 Å². The summed E-state index contributed by atoms with van der Waals surface area (Å²) in [5, 5.41) is 2.86. The number of alkyl halides is 3. The fourth-order valence-electron chi connectivity index (χ4n) is 3.54. The molecule has 1 N–H and O–H groups in total. The predicted octanol–water partition coefficient (Wildman–Crippen LogP) is 5.68. The number of ether oxygens (including phenoxy) is 1. The SMILES string of the molecule is COc1ccccc1NC(=O)N(Cc1ccc(OS(=O)(=O)c2cccc(C(F)(F)F)c2)cc1)C1CC1. The van der Waals surface area contributed by atoms with Crippen molar-refractivity contribution in [2.24, 2.45) is 0 Å². The Kier molecular flexibility index (Phi) is 7.11. The molecule has 0 heterocycles. The number of urea groups is 1. The maximum atomic E-state index is 13.0. The Bertz CT molecular complexity index is 1340. The minimum Gasteiger partial charge on any atom is -0.495 e. The Balaban J connectivity index is 1.44. The Morgan fingerprint density at radius 1 is 1.03 bits per heavy atom. The first-order valence-corrected chi connectivity index (χ1v) is 12.4. The molecule has 3 aromatic rings. The van der Waals surface area contributed by atoms with E-state index in [0.717, 1.165) is 36.6 Å². The Hall–Kier alpha value is -3.73. The first-order chi connectivity index (χ1) is 17.1. The van der Waals surface area contributed by atoms with Crippen molar-refractivity contribution in [1.29, 1.82) is 0 Å². The molecule has 4 rings (SSSR count). The fourth-order valence-corrected chi connectivity index (χ4v) is 4.51. The molecule has 1 fully saturated rings. The van der Waals surface area contributed by atoms with Crippen molar-refractivity contribution in [3.8, 4) is 11.5 Å². The third-order valence-corrected chi connectivity index (χ3v) is 6.77. The summed E-state index contributed by atoms with van der Waals surface area (Å²) < 4.78 is 74.1. The maximum absolute atomic E-state index is 13.0. The van der Waals surface area contributed by atoms with Gasteiger partial charge in [0.15, 0.2) is 0 Å². The number of carbonyl (C=O) groups excluding carboxylic acids is 1. The molecule has 0 aromatic heterocycles. The lowest BCUT2D eigenvalue weighted by atomic mass is 10.2. The lowest BCUT2D eigenvalue weighted by Crippen LogP contribution is -2.36. The van der Waals surface area contributed by atoms with Gasteiger partial charge in [-0.3, -0.25) is 0 Å². The summed E-state index contributed by atoms with van der Waals surface area (Å²) in [7, 11) is -2.96. The highest BCUT2D eigenvalue weighted by Gasteiger charge is 2.33. The van der Waals surface area contributed by atoms with Crippen molar-refractivity contribution >= 4 is 21.8 Å². The van der Waals surface area contributed by atoms with Crippen LogP contribution in [0.3, 0.4) is 0 Å². The summed E-state index contributed by atoms with van der Waals surface area (Å²) in [6, 6.07) is 16.2. The van der Waals surface area contributed by atoms with Gasteiger partial charge in [0.2, 0.25) is 0 Å². The minimum absolute atomic E-state index is 0.0624. The summed E-state index contributed by atoms with van der Waals surface area (Å²) in [6.07, 6.45) is -2.94. The number of para-hydroxylation sites is 2. The van der Waals surface area contributed by atoms with Crippen molar-refractivity contribution in [1.82, 2.24) is 4.90 Å². The van der Waals surface area contributed by atoms with Crippen LogP contribution in [0.1, 0.15) is 24.0 Å². The molecule has 190 valence electrons. The number of nitrogens with one attached hydrogen (secondary N) is 1. The van der Waals surface area contributed by atoms with Crippen LogP contribution in [-0.2, 0) is 22.8 Å². The van der Waals surface area contributed by atoms with E-state index in [-0.39, 0.29) is 24.4 Å². The summed E-state index contributed by atoms with van der Waals surface area (Å²) in [4.78, 5) is 14.0. The highest BCUT2D eigenvalue weighted by molar-refractivity contribution is 7.87. The minimum atomic E-state index is -4.68. The smallest absolute Gasteiger partial charge is 0.416 e. The first kappa shape index (κ1) is 25.4. The average molecular weight is 521 g/mol. The zero-order valence-electron chi connectivity index (χ0n) is 19.2. The Labute approximate surface area is 206 Å². The number of hydrogen-bond acceptors (Lipinski definition) is 5. The van der Waals surface area contributed by atoms with Crippen LogP contribution in [0.5, 0.6) is 11.5 Å². The van der Waals surface area contributed by atoms with Crippen molar-refractivity contribution in [2.75, 3.05) is 12.4 Å². The molecule has 1 saturated carbocycles. The van der Waals surface area contributed by atoms with Gasteiger partial charge in [-0.15, -0.1) is 0 Å². The molecule has 11 heteroatoms. The van der Waals surface area contributed by atoms with E-state index in [1.807, 2.05) is 0 Å². The number of nitrogens with zero attached hydrogens (tertiary/aromatic N) is 1. The van der Waals surface area contributed by atoms with E-state index < -0.39 is 26.8 Å². The van der Waals surface area contributed by atoms with Gasteiger partial charge in [0, 0.05) is 12.6 Å². The lowest BCUT2D eigenvalue weighted by Gasteiger charge is -2.23. The lowest BCUT2D eigenvalue weighted by molar-refractivity contribution is -0.137. The number of anilines is 1. The van der Waals surface area contributed by atoms with Gasteiger partial charge in [0.05, 0.1) is 18.4 Å². The number of methoxy groups -OCH3 is 1. The van der Waals surface area contributed by atoms with Crippen LogP contribution in [0.25, 0.3) is 0 Å². The van der Waals surface area contributed by atoms with Crippen LogP contribution in [0, 0.1) is 0 Å². The number of carbonyl (C=O) groups is 1. The molecule has 0 unspecified atom stereocenters. The molecule has 1 aliphatic carbocycles. The van der Waals surface area contributed by atoms with Gasteiger partial charge < -0.3 is 19.1 Å². The van der Waals surface area contributed by atoms with E-state index in [1.54, 1.807) is 41.3 Å². The number of hydrogen-bond donors (Lipinski definition) is 1. The Morgan fingerprint density at radius 2 is 1.72 bits per heavy atom. The van der Waals surface area contributed by atoms with Gasteiger partial charge >= 0.3 is 22.3 Å². The van der Waals surface area contributed by atoms with E-state index >= 15 is 0 Å². The number of halogens is 3. The van der Waals surface area contributed by atoms with Gasteiger partial charge in [-0.25, -0.2) is 4.79 Å². The quantitative estimate of drug-likeness (QED) is 0.387. The van der Waals surface area contributed by atoms with E-state index in [4.69, 9.17) is 8.92 Å². The number of benzene rings is 3. The van der Waals surface area contributed by atoms with Crippen molar-refractivity contribution in [3.63, 3.8) is 0 Å². The third-order valence-electron chi connectivity index (χ3n) is 5.53. The molecule has 0 radical (unpaired) electrons. The second kappa shape index (κ2) is 10.1. The third kappa shape index (κ3) is 6.09. The monoisotopic (exact) mass is 520 g/mol. The molecule has 0 aliphatic heterocycles. The molecule has 0 atom stereocenters. The topological polar surface area (TPSA) is 84.9 Å². The van der Waals surface area contributed by atoms with Crippen LogP contribution in [0.4, 0.5) is 23.7 Å². The van der Waals surface area contributed by atoms with Crippen LogP contribution < -0.4 is 14.2 Å². The van der Waals surface area contributed by atoms with Crippen LogP contribution in [0.15, 0.2) is 77.7 Å². The van der Waals surface area contributed by atoms with Crippen LogP contribution >= 0.6 is 0 Å². The van der Waals surface area contributed by atoms with Crippen molar-refractivity contribution < 1.29 is 35.3 Å². The molecule has 3 aromatic carbocycles.